The first kappa shape index (κ1) is 26.5. The van der Waals surface area contributed by atoms with E-state index >= 15 is 0 Å². The number of aryl methyl sites for hydroxylation is 3. The predicted octanol–water partition coefficient (Wildman–Crippen LogP) is 4.47. The molecule has 3 aromatic carbocycles. The second-order valence-electron chi connectivity index (χ2n) is 8.18. The Balaban J connectivity index is 1.72. The molecule has 0 bridgehead atoms. The molecule has 0 aliphatic carbocycles. The van der Waals surface area contributed by atoms with Gasteiger partial charge in [0.1, 0.15) is 6.54 Å². The molecule has 0 saturated heterocycles. The standard InChI is InChI=1S/C24H26ClN3O5S2/c1-16-5-7-20(13-18(16)3)27-35(32,33)22-11-8-19(9-12-22)26-24(29)15-28(34(4,30)31)21-10-6-17(2)23(25)14-21/h5-14,27H,15H2,1-4H3,(H,26,29). The smallest absolute Gasteiger partial charge is 0.261 e. The quantitative estimate of drug-likeness (QED) is 0.442. The lowest BCUT2D eigenvalue weighted by molar-refractivity contribution is -0.114. The van der Waals surface area contributed by atoms with Crippen molar-refractivity contribution in [3.63, 3.8) is 0 Å². The van der Waals surface area contributed by atoms with E-state index in [0.29, 0.717) is 16.4 Å². The zero-order chi connectivity index (χ0) is 26.0. The molecule has 0 saturated carbocycles. The molecule has 2 N–H and O–H groups in total. The maximum absolute atomic E-state index is 12.7. The molecule has 0 atom stereocenters. The molecule has 8 nitrogen and oxygen atoms in total. The largest absolute Gasteiger partial charge is 0.325 e. The number of benzene rings is 3. The summed E-state index contributed by atoms with van der Waals surface area (Å²) < 4.78 is 53.5. The summed E-state index contributed by atoms with van der Waals surface area (Å²) in [6.07, 6.45) is 0.996. The minimum absolute atomic E-state index is 0.0146. The Morgan fingerprint density at radius 1 is 0.829 bits per heavy atom. The van der Waals surface area contributed by atoms with E-state index < -0.39 is 32.5 Å². The van der Waals surface area contributed by atoms with Gasteiger partial charge in [0.25, 0.3) is 10.0 Å². The number of halogens is 1. The molecule has 0 aliphatic rings. The van der Waals surface area contributed by atoms with Crippen LogP contribution in [-0.2, 0) is 24.8 Å². The van der Waals surface area contributed by atoms with Crippen LogP contribution in [0.1, 0.15) is 16.7 Å². The van der Waals surface area contributed by atoms with Crippen molar-refractivity contribution in [3.05, 3.63) is 82.4 Å². The van der Waals surface area contributed by atoms with E-state index in [1.807, 2.05) is 19.9 Å². The number of hydrogen-bond acceptors (Lipinski definition) is 5. The van der Waals surface area contributed by atoms with Gasteiger partial charge in [-0.15, -0.1) is 0 Å². The molecule has 0 unspecified atom stereocenters. The number of sulfonamides is 2. The van der Waals surface area contributed by atoms with Gasteiger partial charge in [0.15, 0.2) is 0 Å². The Labute approximate surface area is 211 Å². The Kier molecular flexibility index (Phi) is 7.78. The van der Waals surface area contributed by atoms with Crippen LogP contribution in [0.5, 0.6) is 0 Å². The van der Waals surface area contributed by atoms with Crippen LogP contribution in [0.4, 0.5) is 17.1 Å². The van der Waals surface area contributed by atoms with Crippen LogP contribution >= 0.6 is 11.6 Å². The molecule has 0 aliphatic heterocycles. The molecule has 3 rings (SSSR count). The number of carbonyl (C=O) groups excluding carboxylic acids is 1. The minimum Gasteiger partial charge on any atom is -0.325 e. The van der Waals surface area contributed by atoms with Crippen LogP contribution in [0, 0.1) is 20.8 Å². The molecule has 186 valence electrons. The molecule has 0 fully saturated rings. The highest BCUT2D eigenvalue weighted by Crippen LogP contribution is 2.25. The van der Waals surface area contributed by atoms with Crippen LogP contribution < -0.4 is 14.3 Å². The highest BCUT2D eigenvalue weighted by atomic mass is 35.5. The van der Waals surface area contributed by atoms with Crippen molar-refractivity contribution in [2.45, 2.75) is 25.7 Å². The SMILES string of the molecule is Cc1ccc(NS(=O)(=O)c2ccc(NC(=O)CN(c3ccc(C)c(Cl)c3)S(C)(=O)=O)cc2)cc1C. The van der Waals surface area contributed by atoms with Gasteiger partial charge in [-0.1, -0.05) is 23.7 Å². The molecule has 0 aromatic heterocycles. The van der Waals surface area contributed by atoms with Crippen molar-refractivity contribution in [2.75, 3.05) is 27.1 Å². The minimum atomic E-state index is -3.83. The number of nitrogens with zero attached hydrogens (tertiary/aromatic N) is 1. The lowest BCUT2D eigenvalue weighted by Gasteiger charge is -2.22. The van der Waals surface area contributed by atoms with Gasteiger partial charge in [-0.05, 0) is 86.0 Å². The summed E-state index contributed by atoms with van der Waals surface area (Å²) in [5.74, 6) is -0.601. The summed E-state index contributed by atoms with van der Waals surface area (Å²) in [6.45, 7) is 5.13. The lowest BCUT2D eigenvalue weighted by atomic mass is 10.1. The van der Waals surface area contributed by atoms with Gasteiger partial charge in [-0.2, -0.15) is 0 Å². The molecular weight excluding hydrogens is 510 g/mol. The van der Waals surface area contributed by atoms with E-state index in [1.54, 1.807) is 31.2 Å². The van der Waals surface area contributed by atoms with E-state index in [9.17, 15) is 21.6 Å². The third-order valence-corrected chi connectivity index (χ3v) is 8.28. The van der Waals surface area contributed by atoms with Crippen molar-refractivity contribution >= 4 is 54.6 Å². The Bertz CT molecular complexity index is 1470. The monoisotopic (exact) mass is 535 g/mol. The van der Waals surface area contributed by atoms with Crippen LogP contribution in [0.15, 0.2) is 65.6 Å². The van der Waals surface area contributed by atoms with Crippen molar-refractivity contribution in [2.24, 2.45) is 0 Å². The van der Waals surface area contributed by atoms with Gasteiger partial charge in [0, 0.05) is 16.4 Å². The number of carbonyl (C=O) groups is 1. The van der Waals surface area contributed by atoms with E-state index in [4.69, 9.17) is 11.6 Å². The molecule has 1 amide bonds. The van der Waals surface area contributed by atoms with Crippen LogP contribution in [0.2, 0.25) is 5.02 Å². The molecule has 11 heteroatoms. The summed E-state index contributed by atoms with van der Waals surface area (Å²) >= 11 is 6.12. The molecule has 0 heterocycles. The van der Waals surface area contributed by atoms with Gasteiger partial charge in [-0.3, -0.25) is 13.8 Å². The summed E-state index contributed by atoms with van der Waals surface area (Å²) in [5.41, 5.74) is 3.80. The van der Waals surface area contributed by atoms with Crippen LogP contribution in [-0.4, -0.2) is 35.5 Å². The fourth-order valence-corrected chi connectivity index (χ4v) is 5.28. The van der Waals surface area contributed by atoms with Crippen molar-refractivity contribution in [3.8, 4) is 0 Å². The second-order valence-corrected chi connectivity index (χ2v) is 12.2. The fourth-order valence-electron chi connectivity index (χ4n) is 3.20. The van der Waals surface area contributed by atoms with Gasteiger partial charge < -0.3 is 5.32 Å². The first-order valence-corrected chi connectivity index (χ1v) is 14.2. The maximum Gasteiger partial charge on any atom is 0.261 e. The number of rotatable bonds is 8. The Hall–Kier alpha value is -3.08. The average Bonchev–Trinajstić information content (AvgIpc) is 2.76. The van der Waals surface area contributed by atoms with Gasteiger partial charge in [-0.25, -0.2) is 16.8 Å². The lowest BCUT2D eigenvalue weighted by Crippen LogP contribution is -2.37. The molecular formula is C24H26ClN3O5S2. The number of anilines is 3. The van der Waals surface area contributed by atoms with Gasteiger partial charge >= 0.3 is 0 Å². The molecule has 35 heavy (non-hydrogen) atoms. The predicted molar refractivity (Wildman–Crippen MR) is 140 cm³/mol. The van der Waals surface area contributed by atoms with E-state index in [2.05, 4.69) is 10.0 Å². The van der Waals surface area contributed by atoms with E-state index in [-0.39, 0.29) is 10.6 Å². The number of amides is 1. The Morgan fingerprint density at radius 2 is 1.43 bits per heavy atom. The summed E-state index contributed by atoms with van der Waals surface area (Å²) in [5, 5.41) is 2.97. The highest BCUT2D eigenvalue weighted by Gasteiger charge is 2.22. The normalized spacial score (nSPS) is 11.7. The van der Waals surface area contributed by atoms with E-state index in [0.717, 1.165) is 27.3 Å². The van der Waals surface area contributed by atoms with Crippen molar-refractivity contribution < 1.29 is 21.6 Å². The molecule has 3 aromatic rings. The molecule has 0 radical (unpaired) electrons. The summed E-state index contributed by atoms with van der Waals surface area (Å²) in [4.78, 5) is 12.6. The zero-order valence-corrected chi connectivity index (χ0v) is 22.1. The topological polar surface area (TPSA) is 113 Å². The second kappa shape index (κ2) is 10.3. The van der Waals surface area contributed by atoms with E-state index in [1.165, 1.54) is 30.3 Å². The third kappa shape index (κ3) is 6.74. The zero-order valence-electron chi connectivity index (χ0n) is 19.7. The van der Waals surface area contributed by atoms with Gasteiger partial charge in [0.05, 0.1) is 16.8 Å². The van der Waals surface area contributed by atoms with Gasteiger partial charge in [0.2, 0.25) is 15.9 Å². The highest BCUT2D eigenvalue weighted by molar-refractivity contribution is 7.92. The van der Waals surface area contributed by atoms with Crippen LogP contribution in [0.3, 0.4) is 0 Å². The average molecular weight is 536 g/mol. The van der Waals surface area contributed by atoms with Crippen molar-refractivity contribution in [1.82, 2.24) is 0 Å². The number of hydrogen-bond donors (Lipinski definition) is 2. The summed E-state index contributed by atoms with van der Waals surface area (Å²) in [7, 11) is -7.60. The number of nitrogens with one attached hydrogen (secondary N) is 2. The first-order chi connectivity index (χ1) is 16.3. The first-order valence-electron chi connectivity index (χ1n) is 10.5. The summed E-state index contributed by atoms with van der Waals surface area (Å²) in [6, 6.07) is 15.5. The third-order valence-electron chi connectivity index (χ3n) is 5.34. The molecule has 0 spiro atoms. The Morgan fingerprint density at radius 3 is 2.00 bits per heavy atom. The van der Waals surface area contributed by atoms with Crippen molar-refractivity contribution in [1.29, 1.82) is 0 Å². The fraction of sp³-hybridized carbons (Fsp3) is 0.208. The van der Waals surface area contributed by atoms with Crippen LogP contribution in [0.25, 0.3) is 0 Å². The maximum atomic E-state index is 12.7.